The third kappa shape index (κ3) is 5.49. The number of methoxy groups -OCH3 is 1. The molecule has 30 heavy (non-hydrogen) atoms. The summed E-state index contributed by atoms with van der Waals surface area (Å²) >= 11 is 0. The number of nitriles is 1. The number of ether oxygens (including phenoxy) is 2. The molecule has 0 spiro atoms. The molecular weight excluding hydrogens is 376 g/mol. The molecule has 0 atom stereocenters. The topological polar surface area (TPSA) is 71.3 Å². The number of aryl methyl sites for hydroxylation is 1. The third-order valence-electron chi connectivity index (χ3n) is 4.41. The number of anilines is 1. The summed E-state index contributed by atoms with van der Waals surface area (Å²) in [4.78, 5) is 12.5. The van der Waals surface area contributed by atoms with E-state index in [1.807, 2.05) is 55.5 Å². The predicted molar refractivity (Wildman–Crippen MR) is 117 cm³/mol. The molecular formula is C25H22N2O3. The Morgan fingerprint density at radius 2 is 1.77 bits per heavy atom. The summed E-state index contributed by atoms with van der Waals surface area (Å²) in [7, 11) is 1.57. The molecule has 0 aliphatic carbocycles. The molecule has 5 nitrogen and oxygen atoms in total. The van der Waals surface area contributed by atoms with Crippen LogP contribution in [0.5, 0.6) is 11.5 Å². The maximum atomic E-state index is 12.5. The number of carbonyl (C=O) groups is 1. The van der Waals surface area contributed by atoms with Gasteiger partial charge in [-0.1, -0.05) is 54.1 Å². The molecule has 0 saturated heterocycles. The van der Waals surface area contributed by atoms with Crippen molar-refractivity contribution in [1.82, 2.24) is 0 Å². The molecule has 5 heteroatoms. The van der Waals surface area contributed by atoms with Gasteiger partial charge in [0.05, 0.1) is 7.11 Å². The average molecular weight is 398 g/mol. The van der Waals surface area contributed by atoms with Crippen molar-refractivity contribution >= 4 is 17.7 Å². The zero-order valence-electron chi connectivity index (χ0n) is 16.9. The summed E-state index contributed by atoms with van der Waals surface area (Å²) in [5.41, 5.74) is 3.40. The fourth-order valence-electron chi connectivity index (χ4n) is 2.78. The second-order valence-electron chi connectivity index (χ2n) is 6.67. The number of nitrogens with zero attached hydrogens (tertiary/aromatic N) is 1. The fourth-order valence-corrected chi connectivity index (χ4v) is 2.78. The highest BCUT2D eigenvalue weighted by Crippen LogP contribution is 2.30. The zero-order valence-corrected chi connectivity index (χ0v) is 16.9. The Bertz CT molecular complexity index is 1080. The van der Waals surface area contributed by atoms with Gasteiger partial charge in [0.2, 0.25) is 0 Å². The molecule has 0 aliphatic heterocycles. The van der Waals surface area contributed by atoms with Gasteiger partial charge in [-0.2, -0.15) is 5.26 Å². The minimum atomic E-state index is -0.469. The Balaban J connectivity index is 1.78. The molecule has 0 saturated carbocycles. The van der Waals surface area contributed by atoms with E-state index in [9.17, 15) is 10.1 Å². The zero-order chi connectivity index (χ0) is 21.3. The Morgan fingerprint density at radius 3 is 2.43 bits per heavy atom. The van der Waals surface area contributed by atoms with Gasteiger partial charge >= 0.3 is 0 Å². The molecule has 0 radical (unpaired) electrons. The maximum absolute atomic E-state index is 12.5. The van der Waals surface area contributed by atoms with Crippen molar-refractivity contribution in [2.45, 2.75) is 13.5 Å². The second-order valence-corrected chi connectivity index (χ2v) is 6.67. The molecule has 1 amide bonds. The van der Waals surface area contributed by atoms with Crippen LogP contribution in [-0.2, 0) is 11.4 Å². The van der Waals surface area contributed by atoms with Crippen LogP contribution < -0.4 is 14.8 Å². The summed E-state index contributed by atoms with van der Waals surface area (Å²) < 4.78 is 11.3. The van der Waals surface area contributed by atoms with Crippen molar-refractivity contribution in [3.8, 4) is 17.6 Å². The molecule has 0 heterocycles. The first kappa shape index (κ1) is 20.7. The largest absolute Gasteiger partial charge is 0.493 e. The molecule has 1 N–H and O–H groups in total. The van der Waals surface area contributed by atoms with Gasteiger partial charge in [-0.15, -0.1) is 0 Å². The van der Waals surface area contributed by atoms with Crippen LogP contribution in [-0.4, -0.2) is 13.0 Å². The number of hydrogen-bond donors (Lipinski definition) is 1. The lowest BCUT2D eigenvalue weighted by atomic mass is 10.1. The maximum Gasteiger partial charge on any atom is 0.266 e. The van der Waals surface area contributed by atoms with E-state index in [1.54, 1.807) is 37.4 Å². The van der Waals surface area contributed by atoms with E-state index >= 15 is 0 Å². The van der Waals surface area contributed by atoms with Crippen LogP contribution in [0.2, 0.25) is 0 Å². The lowest BCUT2D eigenvalue weighted by Gasteiger charge is -2.12. The number of benzene rings is 3. The number of hydrogen-bond acceptors (Lipinski definition) is 4. The van der Waals surface area contributed by atoms with Gasteiger partial charge in [-0.25, -0.2) is 0 Å². The highest BCUT2D eigenvalue weighted by molar-refractivity contribution is 6.09. The lowest BCUT2D eigenvalue weighted by molar-refractivity contribution is -0.112. The SMILES string of the molecule is COc1ccc(/C=C(\C#N)C(=O)Nc2ccc(C)cc2)cc1OCc1ccccc1. The van der Waals surface area contributed by atoms with Gasteiger partial charge in [0.25, 0.3) is 5.91 Å². The molecule has 0 aromatic heterocycles. The molecule has 0 unspecified atom stereocenters. The number of rotatable bonds is 7. The summed E-state index contributed by atoms with van der Waals surface area (Å²) in [6.45, 7) is 2.34. The molecule has 3 aromatic rings. The molecule has 3 rings (SSSR count). The average Bonchev–Trinajstić information content (AvgIpc) is 2.78. The minimum absolute atomic E-state index is 0.00486. The van der Waals surface area contributed by atoms with Crippen molar-refractivity contribution in [3.63, 3.8) is 0 Å². The second kappa shape index (κ2) is 9.94. The number of nitrogens with one attached hydrogen (secondary N) is 1. The quantitative estimate of drug-likeness (QED) is 0.442. The molecule has 0 aliphatic rings. The Kier molecular flexibility index (Phi) is 6.86. The highest BCUT2D eigenvalue weighted by atomic mass is 16.5. The van der Waals surface area contributed by atoms with Gasteiger partial charge in [0, 0.05) is 5.69 Å². The van der Waals surface area contributed by atoms with Crippen LogP contribution in [0.25, 0.3) is 6.08 Å². The van der Waals surface area contributed by atoms with Crippen LogP contribution in [0.1, 0.15) is 16.7 Å². The summed E-state index contributed by atoms with van der Waals surface area (Å²) in [5, 5.41) is 12.2. The minimum Gasteiger partial charge on any atom is -0.493 e. The van der Waals surface area contributed by atoms with Crippen LogP contribution in [0.15, 0.2) is 78.4 Å². The molecule has 150 valence electrons. The van der Waals surface area contributed by atoms with Crippen LogP contribution in [0.4, 0.5) is 5.69 Å². The molecule has 0 bridgehead atoms. The molecule has 3 aromatic carbocycles. The van der Waals surface area contributed by atoms with Gasteiger partial charge in [-0.05, 0) is 48.4 Å². The van der Waals surface area contributed by atoms with E-state index in [0.717, 1.165) is 11.1 Å². The summed E-state index contributed by atoms with van der Waals surface area (Å²) in [5.74, 6) is 0.640. The van der Waals surface area contributed by atoms with Crippen molar-refractivity contribution in [2.75, 3.05) is 12.4 Å². The first-order valence-corrected chi connectivity index (χ1v) is 9.43. The lowest BCUT2D eigenvalue weighted by Crippen LogP contribution is -2.13. The van der Waals surface area contributed by atoms with Crippen LogP contribution in [0.3, 0.4) is 0 Å². The van der Waals surface area contributed by atoms with Crippen molar-refractivity contribution < 1.29 is 14.3 Å². The van der Waals surface area contributed by atoms with Gasteiger partial charge < -0.3 is 14.8 Å². The van der Waals surface area contributed by atoms with E-state index < -0.39 is 5.91 Å². The number of amides is 1. The van der Waals surface area contributed by atoms with Crippen molar-refractivity contribution in [2.24, 2.45) is 0 Å². The standard InChI is InChI=1S/C25H22N2O3/c1-18-8-11-22(12-9-18)27-25(28)21(16-26)14-20-10-13-23(29-2)24(15-20)30-17-19-6-4-3-5-7-19/h3-15H,17H2,1-2H3,(H,27,28)/b21-14+. The summed E-state index contributed by atoms with van der Waals surface area (Å²) in [6, 6.07) is 24.4. The van der Waals surface area contributed by atoms with E-state index in [2.05, 4.69) is 5.32 Å². The smallest absolute Gasteiger partial charge is 0.266 e. The normalized spacial score (nSPS) is 10.8. The van der Waals surface area contributed by atoms with Gasteiger partial charge in [-0.3, -0.25) is 4.79 Å². The fraction of sp³-hybridized carbons (Fsp3) is 0.120. The van der Waals surface area contributed by atoms with Crippen molar-refractivity contribution in [1.29, 1.82) is 5.26 Å². The Hall–Kier alpha value is -4.04. The highest BCUT2D eigenvalue weighted by Gasteiger charge is 2.11. The predicted octanol–water partition coefficient (Wildman–Crippen LogP) is 5.13. The first-order chi connectivity index (χ1) is 14.6. The third-order valence-corrected chi connectivity index (χ3v) is 4.41. The van der Waals surface area contributed by atoms with E-state index in [4.69, 9.17) is 9.47 Å². The summed E-state index contributed by atoms with van der Waals surface area (Å²) in [6.07, 6.45) is 1.53. The first-order valence-electron chi connectivity index (χ1n) is 9.43. The van der Waals surface area contributed by atoms with Gasteiger partial charge in [0.1, 0.15) is 18.2 Å². The Morgan fingerprint density at radius 1 is 1.03 bits per heavy atom. The van der Waals surface area contributed by atoms with Gasteiger partial charge in [0.15, 0.2) is 11.5 Å². The van der Waals surface area contributed by atoms with E-state index in [-0.39, 0.29) is 5.57 Å². The number of carbonyl (C=O) groups excluding carboxylic acids is 1. The van der Waals surface area contributed by atoms with Crippen LogP contribution >= 0.6 is 0 Å². The van der Waals surface area contributed by atoms with E-state index in [0.29, 0.717) is 29.4 Å². The van der Waals surface area contributed by atoms with Crippen LogP contribution in [0, 0.1) is 18.3 Å². The Labute approximate surface area is 176 Å². The van der Waals surface area contributed by atoms with Crippen molar-refractivity contribution in [3.05, 3.63) is 95.1 Å². The van der Waals surface area contributed by atoms with E-state index in [1.165, 1.54) is 6.08 Å². The molecule has 0 fully saturated rings. The monoisotopic (exact) mass is 398 g/mol.